The maximum atomic E-state index is 12.9. The second-order valence-corrected chi connectivity index (χ2v) is 2.56. The summed E-state index contributed by atoms with van der Waals surface area (Å²) in [4.78, 5) is 16.7. The quantitative estimate of drug-likeness (QED) is 0.697. The monoisotopic (exact) mass is 180 g/mol. The van der Waals surface area contributed by atoms with Crippen LogP contribution < -0.4 is 0 Å². The minimum absolute atomic E-state index is 0.161. The zero-order valence-electron chi connectivity index (χ0n) is 6.41. The van der Waals surface area contributed by atoms with Crippen molar-refractivity contribution in [3.8, 4) is 0 Å². The summed E-state index contributed by atoms with van der Waals surface area (Å²) in [5.41, 5.74) is 0.327. The van der Waals surface area contributed by atoms with Crippen molar-refractivity contribution in [1.82, 2.24) is 9.97 Å². The van der Waals surface area contributed by atoms with E-state index in [0.29, 0.717) is 5.52 Å². The van der Waals surface area contributed by atoms with E-state index in [1.807, 2.05) is 0 Å². The summed E-state index contributed by atoms with van der Waals surface area (Å²) in [5.74, 6) is -1.64. The number of H-pyrrole nitrogens is 1. The van der Waals surface area contributed by atoms with Crippen molar-refractivity contribution in [2.45, 2.75) is 0 Å². The molecule has 0 aliphatic heterocycles. The number of carboxylic acid groups (broad SMARTS) is 1. The molecule has 2 aromatic rings. The Balaban J connectivity index is 2.72. The number of hydrogen-bond donors (Lipinski definition) is 2. The molecule has 0 amide bonds. The van der Waals surface area contributed by atoms with Gasteiger partial charge in [-0.05, 0) is 6.07 Å². The molecule has 0 aliphatic rings. The number of fused-ring (bicyclic) bond motifs is 1. The summed E-state index contributed by atoms with van der Waals surface area (Å²) in [6, 6.07) is 1.20. The average molecular weight is 180 g/mol. The molecule has 0 saturated carbocycles. The van der Waals surface area contributed by atoms with E-state index in [0.717, 1.165) is 6.20 Å². The van der Waals surface area contributed by atoms with E-state index in [2.05, 4.69) is 9.97 Å². The maximum absolute atomic E-state index is 12.9. The molecule has 0 atom stereocenters. The fourth-order valence-corrected chi connectivity index (χ4v) is 1.10. The normalized spacial score (nSPS) is 10.5. The van der Waals surface area contributed by atoms with Gasteiger partial charge in [-0.25, -0.2) is 14.2 Å². The number of carbonyl (C=O) groups is 1. The number of pyridine rings is 1. The van der Waals surface area contributed by atoms with Gasteiger partial charge in [0.25, 0.3) is 0 Å². The van der Waals surface area contributed by atoms with Gasteiger partial charge in [-0.2, -0.15) is 0 Å². The second kappa shape index (κ2) is 2.55. The molecule has 0 bridgehead atoms. The lowest BCUT2D eigenvalue weighted by Gasteiger charge is -1.92. The molecule has 2 aromatic heterocycles. The average Bonchev–Trinajstić information content (AvgIpc) is 2.47. The minimum Gasteiger partial charge on any atom is -0.477 e. The van der Waals surface area contributed by atoms with Gasteiger partial charge in [0.05, 0.1) is 11.7 Å². The van der Waals surface area contributed by atoms with Gasteiger partial charge in [-0.1, -0.05) is 0 Å². The Kier molecular flexibility index (Phi) is 1.51. The van der Waals surface area contributed by atoms with E-state index in [1.165, 1.54) is 12.3 Å². The van der Waals surface area contributed by atoms with Crippen LogP contribution in [0.4, 0.5) is 4.39 Å². The zero-order chi connectivity index (χ0) is 9.42. The van der Waals surface area contributed by atoms with Crippen LogP contribution in [-0.4, -0.2) is 21.0 Å². The van der Waals surface area contributed by atoms with Crippen molar-refractivity contribution in [2.24, 2.45) is 0 Å². The summed E-state index contributed by atoms with van der Waals surface area (Å²) < 4.78 is 12.9. The van der Waals surface area contributed by atoms with E-state index in [4.69, 9.17) is 5.11 Å². The van der Waals surface area contributed by atoms with Crippen LogP contribution in [0.1, 0.15) is 10.5 Å². The van der Waals surface area contributed by atoms with Crippen LogP contribution in [0.5, 0.6) is 0 Å². The van der Waals surface area contributed by atoms with Crippen molar-refractivity contribution >= 4 is 16.9 Å². The van der Waals surface area contributed by atoms with E-state index >= 15 is 0 Å². The predicted octanol–water partition coefficient (Wildman–Crippen LogP) is 1.40. The van der Waals surface area contributed by atoms with Crippen LogP contribution in [0.2, 0.25) is 0 Å². The lowest BCUT2D eigenvalue weighted by molar-refractivity contribution is 0.0691. The molecule has 0 fully saturated rings. The van der Waals surface area contributed by atoms with Crippen LogP contribution in [0.3, 0.4) is 0 Å². The molecule has 66 valence electrons. The molecule has 4 nitrogen and oxygen atoms in total. The van der Waals surface area contributed by atoms with Crippen LogP contribution in [-0.2, 0) is 0 Å². The van der Waals surface area contributed by atoms with Gasteiger partial charge in [-0.15, -0.1) is 0 Å². The summed E-state index contributed by atoms with van der Waals surface area (Å²) in [6.45, 7) is 0. The number of halogens is 1. The first-order valence-electron chi connectivity index (χ1n) is 3.54. The summed E-state index contributed by atoms with van der Waals surface area (Å²) in [5, 5.41) is 8.82. The minimum atomic E-state index is -1.16. The third-order valence-electron chi connectivity index (χ3n) is 1.73. The van der Waals surface area contributed by atoms with Crippen molar-refractivity contribution < 1.29 is 14.3 Å². The molecule has 0 aromatic carbocycles. The van der Waals surface area contributed by atoms with E-state index < -0.39 is 11.8 Å². The van der Waals surface area contributed by atoms with Crippen LogP contribution in [0.25, 0.3) is 10.9 Å². The Bertz CT molecular complexity index is 478. The van der Waals surface area contributed by atoms with Crippen LogP contribution in [0.15, 0.2) is 18.5 Å². The van der Waals surface area contributed by atoms with Gasteiger partial charge in [0.2, 0.25) is 0 Å². The van der Waals surface area contributed by atoms with Gasteiger partial charge in [0, 0.05) is 11.6 Å². The fourth-order valence-electron chi connectivity index (χ4n) is 1.10. The maximum Gasteiger partial charge on any atom is 0.354 e. The van der Waals surface area contributed by atoms with Gasteiger partial charge < -0.3 is 10.1 Å². The number of aromatic nitrogens is 2. The highest BCUT2D eigenvalue weighted by Crippen LogP contribution is 2.16. The van der Waals surface area contributed by atoms with Gasteiger partial charge in [-0.3, -0.25) is 0 Å². The number of aromatic amines is 1. The Hall–Kier alpha value is -1.91. The lowest BCUT2D eigenvalue weighted by atomic mass is 10.2. The molecule has 0 unspecified atom stereocenters. The number of nitrogens with zero attached hydrogens (tertiary/aromatic N) is 1. The molecular formula is C8H5FN2O2. The van der Waals surface area contributed by atoms with Gasteiger partial charge in [0.1, 0.15) is 11.5 Å². The first kappa shape index (κ1) is 7.72. The highest BCUT2D eigenvalue weighted by molar-refractivity contribution is 5.91. The van der Waals surface area contributed by atoms with E-state index in [-0.39, 0.29) is 11.1 Å². The number of hydrogen-bond acceptors (Lipinski definition) is 2. The van der Waals surface area contributed by atoms with Crippen molar-refractivity contribution in [1.29, 1.82) is 0 Å². The number of nitrogens with one attached hydrogen (secondary N) is 1. The Morgan fingerprint density at radius 3 is 3.08 bits per heavy atom. The van der Waals surface area contributed by atoms with Crippen molar-refractivity contribution in [3.63, 3.8) is 0 Å². The summed E-state index contributed by atoms with van der Waals surface area (Å²) in [6.07, 6.45) is 2.46. The standard InChI is InChI=1S/C8H5FN2O2/c9-5-2-10-7-3-11-6(8(12)13)1-4(5)7/h1-3,10H,(H,12,13). The largest absolute Gasteiger partial charge is 0.477 e. The highest BCUT2D eigenvalue weighted by atomic mass is 19.1. The molecular weight excluding hydrogens is 175 g/mol. The third-order valence-corrected chi connectivity index (χ3v) is 1.73. The molecule has 13 heavy (non-hydrogen) atoms. The Morgan fingerprint density at radius 1 is 1.62 bits per heavy atom. The Morgan fingerprint density at radius 2 is 2.38 bits per heavy atom. The third kappa shape index (κ3) is 1.14. The molecule has 0 radical (unpaired) electrons. The summed E-state index contributed by atoms with van der Waals surface area (Å²) in [7, 11) is 0. The molecule has 5 heteroatoms. The Labute approximate surface area is 72.0 Å². The van der Waals surface area contributed by atoms with E-state index in [9.17, 15) is 9.18 Å². The molecule has 0 saturated heterocycles. The van der Waals surface area contributed by atoms with Crippen molar-refractivity contribution in [2.75, 3.05) is 0 Å². The number of rotatable bonds is 1. The fraction of sp³-hybridized carbons (Fsp3) is 0. The second-order valence-electron chi connectivity index (χ2n) is 2.56. The predicted molar refractivity (Wildman–Crippen MR) is 43.0 cm³/mol. The molecule has 2 N–H and O–H groups in total. The molecule has 2 heterocycles. The molecule has 0 spiro atoms. The number of aromatic carboxylic acids is 1. The van der Waals surface area contributed by atoms with E-state index in [1.54, 1.807) is 0 Å². The van der Waals surface area contributed by atoms with Crippen LogP contribution >= 0.6 is 0 Å². The topological polar surface area (TPSA) is 66.0 Å². The lowest BCUT2D eigenvalue weighted by Crippen LogP contribution is -1.98. The van der Waals surface area contributed by atoms with Gasteiger partial charge in [0.15, 0.2) is 0 Å². The molecule has 0 aliphatic carbocycles. The summed E-state index contributed by atoms with van der Waals surface area (Å²) >= 11 is 0. The SMILES string of the molecule is O=C(O)c1cc2c(F)c[nH]c2cn1. The first-order chi connectivity index (χ1) is 6.18. The van der Waals surface area contributed by atoms with Gasteiger partial charge >= 0.3 is 5.97 Å². The highest BCUT2D eigenvalue weighted by Gasteiger charge is 2.08. The van der Waals surface area contributed by atoms with Crippen molar-refractivity contribution in [3.05, 3.63) is 30.0 Å². The number of carboxylic acids is 1. The van der Waals surface area contributed by atoms with Crippen LogP contribution in [0, 0.1) is 5.82 Å². The molecule has 2 rings (SSSR count). The zero-order valence-corrected chi connectivity index (χ0v) is 6.41. The smallest absolute Gasteiger partial charge is 0.354 e. The first-order valence-corrected chi connectivity index (χ1v) is 3.54.